The van der Waals surface area contributed by atoms with E-state index in [-0.39, 0.29) is 12.4 Å². The van der Waals surface area contributed by atoms with Crippen molar-refractivity contribution >= 4 is 23.9 Å². The monoisotopic (exact) mass is 262 g/mol. The van der Waals surface area contributed by atoms with Crippen LogP contribution in [0.3, 0.4) is 0 Å². The lowest BCUT2D eigenvalue weighted by Crippen LogP contribution is -2.48. The smallest absolute Gasteiger partial charge is 0.0895 e. The van der Waals surface area contributed by atoms with Crippen molar-refractivity contribution in [2.24, 2.45) is 11.7 Å². The average molecular weight is 263 g/mol. The minimum atomic E-state index is 0. The summed E-state index contributed by atoms with van der Waals surface area (Å²) in [6.45, 7) is 5.09. The van der Waals surface area contributed by atoms with Crippen LogP contribution in [0.1, 0.15) is 25.5 Å². The minimum Gasteiger partial charge on any atom is -0.329 e. The maximum Gasteiger partial charge on any atom is 0.0895 e. The molecule has 1 aliphatic rings. The molecule has 0 aromatic carbocycles. The van der Waals surface area contributed by atoms with Crippen molar-refractivity contribution in [2.45, 2.75) is 32.4 Å². The molecule has 6 heteroatoms. The van der Waals surface area contributed by atoms with E-state index in [1.54, 1.807) is 0 Å². The van der Waals surface area contributed by atoms with Crippen molar-refractivity contribution in [3.05, 3.63) is 11.1 Å². The van der Waals surface area contributed by atoms with Gasteiger partial charge in [-0.15, -0.1) is 17.5 Å². The summed E-state index contributed by atoms with van der Waals surface area (Å²) in [4.78, 5) is 2.45. The van der Waals surface area contributed by atoms with Crippen molar-refractivity contribution in [1.82, 2.24) is 14.5 Å². The number of halogens is 1. The standard InChI is InChI=1S/C10H18N4S.ClH/c1-8-3-2-4-14(10(8)5-11)6-9-7-15-13-12-9;/h7-8,10H,2-6,11H2,1H3;1H. The van der Waals surface area contributed by atoms with Gasteiger partial charge >= 0.3 is 0 Å². The maximum atomic E-state index is 5.84. The quantitative estimate of drug-likeness (QED) is 0.898. The van der Waals surface area contributed by atoms with E-state index in [4.69, 9.17) is 5.73 Å². The summed E-state index contributed by atoms with van der Waals surface area (Å²) in [6.07, 6.45) is 2.57. The summed E-state index contributed by atoms with van der Waals surface area (Å²) in [6, 6.07) is 0.514. The molecule has 0 radical (unpaired) electrons. The van der Waals surface area contributed by atoms with Crippen molar-refractivity contribution in [2.75, 3.05) is 13.1 Å². The molecule has 2 atom stereocenters. The first-order valence-corrected chi connectivity index (χ1v) is 6.35. The molecule has 1 aromatic rings. The van der Waals surface area contributed by atoms with E-state index in [9.17, 15) is 0 Å². The van der Waals surface area contributed by atoms with Gasteiger partial charge in [0.2, 0.25) is 0 Å². The lowest BCUT2D eigenvalue weighted by Gasteiger charge is -2.38. The van der Waals surface area contributed by atoms with Gasteiger partial charge in [0.1, 0.15) is 0 Å². The second kappa shape index (κ2) is 6.49. The van der Waals surface area contributed by atoms with Crippen molar-refractivity contribution in [3.63, 3.8) is 0 Å². The Balaban J connectivity index is 0.00000128. The van der Waals surface area contributed by atoms with Crippen LogP contribution in [0.4, 0.5) is 0 Å². The highest BCUT2D eigenvalue weighted by Gasteiger charge is 2.27. The number of rotatable bonds is 3. The molecule has 2 N–H and O–H groups in total. The predicted molar refractivity (Wildman–Crippen MR) is 68.8 cm³/mol. The third-order valence-electron chi connectivity index (χ3n) is 3.24. The molecule has 0 saturated carbocycles. The number of aromatic nitrogens is 2. The minimum absolute atomic E-state index is 0. The highest BCUT2D eigenvalue weighted by atomic mass is 35.5. The van der Waals surface area contributed by atoms with E-state index >= 15 is 0 Å². The van der Waals surface area contributed by atoms with Crippen molar-refractivity contribution in [1.29, 1.82) is 0 Å². The Labute approximate surface area is 107 Å². The first kappa shape index (κ1) is 13.8. The van der Waals surface area contributed by atoms with Crippen LogP contribution in [0.2, 0.25) is 0 Å². The summed E-state index contributed by atoms with van der Waals surface area (Å²) in [5, 5.41) is 6.11. The first-order chi connectivity index (χ1) is 7.31. The Hall–Kier alpha value is -0.230. The van der Waals surface area contributed by atoms with Crippen LogP contribution in [0.15, 0.2) is 5.38 Å². The second-order valence-electron chi connectivity index (χ2n) is 4.29. The Kier molecular flexibility index (Phi) is 5.61. The summed E-state index contributed by atoms with van der Waals surface area (Å²) in [5.41, 5.74) is 6.91. The summed E-state index contributed by atoms with van der Waals surface area (Å²) < 4.78 is 3.89. The number of likely N-dealkylation sites (tertiary alicyclic amines) is 1. The normalized spacial score (nSPS) is 26.4. The molecule has 92 valence electrons. The van der Waals surface area contributed by atoms with E-state index in [2.05, 4.69) is 21.4 Å². The fourth-order valence-corrected chi connectivity index (χ4v) is 2.82. The van der Waals surface area contributed by atoms with Gasteiger partial charge in [0.05, 0.1) is 5.69 Å². The summed E-state index contributed by atoms with van der Waals surface area (Å²) in [5.74, 6) is 0.704. The molecule has 0 bridgehead atoms. The SMILES string of the molecule is CC1CCCN(Cc2csnn2)C1CN.Cl. The number of nitrogens with two attached hydrogens (primary N) is 1. The molecule has 0 amide bonds. The van der Waals surface area contributed by atoms with Crippen LogP contribution in [0.5, 0.6) is 0 Å². The molecule has 0 aliphatic carbocycles. The van der Waals surface area contributed by atoms with Crippen LogP contribution in [0.25, 0.3) is 0 Å². The molecule has 2 heterocycles. The summed E-state index contributed by atoms with van der Waals surface area (Å²) in [7, 11) is 0. The summed E-state index contributed by atoms with van der Waals surface area (Å²) >= 11 is 1.42. The molecular weight excluding hydrogens is 244 g/mol. The van der Waals surface area contributed by atoms with Gasteiger partial charge in [-0.05, 0) is 36.8 Å². The van der Waals surface area contributed by atoms with Crippen LogP contribution in [0, 0.1) is 5.92 Å². The van der Waals surface area contributed by atoms with Gasteiger partial charge in [-0.3, -0.25) is 4.90 Å². The second-order valence-corrected chi connectivity index (χ2v) is 4.90. The molecule has 1 aliphatic heterocycles. The van der Waals surface area contributed by atoms with Gasteiger partial charge in [-0.1, -0.05) is 11.4 Å². The third kappa shape index (κ3) is 3.13. The van der Waals surface area contributed by atoms with Crippen LogP contribution in [-0.4, -0.2) is 33.6 Å². The lowest BCUT2D eigenvalue weighted by molar-refractivity contribution is 0.0978. The van der Waals surface area contributed by atoms with Crippen molar-refractivity contribution in [3.8, 4) is 0 Å². The average Bonchev–Trinajstić information content (AvgIpc) is 2.71. The number of hydrogen-bond donors (Lipinski definition) is 1. The highest BCUT2D eigenvalue weighted by molar-refractivity contribution is 7.03. The lowest BCUT2D eigenvalue weighted by atomic mass is 9.91. The number of hydrogen-bond acceptors (Lipinski definition) is 5. The fourth-order valence-electron chi connectivity index (χ4n) is 2.37. The third-order valence-corrected chi connectivity index (χ3v) is 3.80. The zero-order valence-corrected chi connectivity index (χ0v) is 11.1. The van der Waals surface area contributed by atoms with Crippen LogP contribution in [-0.2, 0) is 6.54 Å². The molecule has 1 fully saturated rings. The van der Waals surface area contributed by atoms with E-state index in [0.717, 1.165) is 25.3 Å². The largest absolute Gasteiger partial charge is 0.329 e. The van der Waals surface area contributed by atoms with E-state index in [1.165, 1.54) is 24.4 Å². The topological polar surface area (TPSA) is 55.0 Å². The Morgan fingerprint density at radius 1 is 1.62 bits per heavy atom. The van der Waals surface area contributed by atoms with E-state index < -0.39 is 0 Å². The van der Waals surface area contributed by atoms with Gasteiger partial charge in [0.25, 0.3) is 0 Å². The molecule has 0 spiro atoms. The molecule has 2 unspecified atom stereocenters. The van der Waals surface area contributed by atoms with Gasteiger partial charge in [-0.2, -0.15) is 0 Å². The Bertz CT molecular complexity index is 293. The fraction of sp³-hybridized carbons (Fsp3) is 0.800. The van der Waals surface area contributed by atoms with E-state index in [0.29, 0.717) is 12.0 Å². The zero-order chi connectivity index (χ0) is 10.7. The zero-order valence-electron chi connectivity index (χ0n) is 9.50. The Morgan fingerprint density at radius 3 is 3.06 bits per heavy atom. The van der Waals surface area contributed by atoms with E-state index in [1.807, 2.05) is 5.38 Å². The van der Waals surface area contributed by atoms with Gasteiger partial charge in [0.15, 0.2) is 0 Å². The van der Waals surface area contributed by atoms with Crippen LogP contribution < -0.4 is 5.73 Å². The molecular formula is C10H19ClN4S. The molecule has 1 saturated heterocycles. The molecule has 1 aromatic heterocycles. The van der Waals surface area contributed by atoms with Crippen molar-refractivity contribution < 1.29 is 0 Å². The predicted octanol–water partition coefficient (Wildman–Crippen LogP) is 1.52. The molecule has 2 rings (SSSR count). The highest BCUT2D eigenvalue weighted by Crippen LogP contribution is 2.23. The maximum absolute atomic E-state index is 5.84. The van der Waals surface area contributed by atoms with Gasteiger partial charge < -0.3 is 5.73 Å². The number of piperidine rings is 1. The van der Waals surface area contributed by atoms with Crippen LogP contribution >= 0.6 is 23.9 Å². The number of nitrogens with zero attached hydrogens (tertiary/aromatic N) is 3. The molecule has 16 heavy (non-hydrogen) atoms. The first-order valence-electron chi connectivity index (χ1n) is 5.51. The van der Waals surface area contributed by atoms with Gasteiger partial charge in [-0.25, -0.2) is 0 Å². The Morgan fingerprint density at radius 2 is 2.44 bits per heavy atom. The van der Waals surface area contributed by atoms with Gasteiger partial charge in [0, 0.05) is 24.5 Å². The molecule has 4 nitrogen and oxygen atoms in total.